The standard InChI is InChI=1S/C33H68O3/c1-9-17-20-28(12-4)25-34-31(15-7)23-33(36-27-30(14-6)22-19-11-3)24-32(16-8)35-26-29(13-5)21-18-10-2/h28-33H,9-27H2,1-8H3. The van der Waals surface area contributed by atoms with Crippen molar-refractivity contribution in [2.75, 3.05) is 19.8 Å². The fourth-order valence-corrected chi connectivity index (χ4v) is 5.03. The molecule has 0 aromatic carbocycles. The predicted molar refractivity (Wildman–Crippen MR) is 159 cm³/mol. The van der Waals surface area contributed by atoms with Gasteiger partial charge >= 0.3 is 0 Å². The van der Waals surface area contributed by atoms with E-state index in [2.05, 4.69) is 55.4 Å². The second-order valence-corrected chi connectivity index (χ2v) is 11.4. The maximum atomic E-state index is 6.69. The molecule has 0 aliphatic rings. The molecule has 0 bridgehead atoms. The van der Waals surface area contributed by atoms with Gasteiger partial charge in [0.2, 0.25) is 0 Å². The molecule has 0 amide bonds. The molecule has 0 saturated carbocycles. The van der Waals surface area contributed by atoms with E-state index in [9.17, 15) is 0 Å². The number of hydrogen-bond acceptors (Lipinski definition) is 3. The summed E-state index contributed by atoms with van der Waals surface area (Å²) in [6.07, 6.45) is 20.2. The van der Waals surface area contributed by atoms with Crippen molar-refractivity contribution >= 4 is 0 Å². The third-order valence-electron chi connectivity index (χ3n) is 8.29. The van der Waals surface area contributed by atoms with Crippen molar-refractivity contribution < 1.29 is 14.2 Å². The van der Waals surface area contributed by atoms with E-state index in [0.29, 0.717) is 17.8 Å². The SMILES string of the molecule is CCCCC(CC)COC(CC)CC(CC(CC)OCC(CC)CCCC)OCC(CC)CCCC. The molecule has 0 aromatic heterocycles. The van der Waals surface area contributed by atoms with Crippen LogP contribution in [-0.2, 0) is 14.2 Å². The first-order valence-electron chi connectivity index (χ1n) is 16.4. The van der Waals surface area contributed by atoms with Crippen molar-refractivity contribution in [1.29, 1.82) is 0 Å². The summed E-state index contributed by atoms with van der Waals surface area (Å²) >= 11 is 0. The molecule has 0 aliphatic heterocycles. The second kappa shape index (κ2) is 25.2. The van der Waals surface area contributed by atoms with Crippen LogP contribution in [0.25, 0.3) is 0 Å². The molecule has 0 saturated heterocycles. The largest absolute Gasteiger partial charge is 0.378 e. The summed E-state index contributed by atoms with van der Waals surface area (Å²) in [5, 5.41) is 0. The van der Waals surface area contributed by atoms with Crippen LogP contribution in [0.1, 0.15) is 158 Å². The van der Waals surface area contributed by atoms with Crippen molar-refractivity contribution in [3.8, 4) is 0 Å². The molecular weight excluding hydrogens is 444 g/mol. The maximum Gasteiger partial charge on any atom is 0.0624 e. The first-order chi connectivity index (χ1) is 17.5. The lowest BCUT2D eigenvalue weighted by Crippen LogP contribution is -2.31. The van der Waals surface area contributed by atoms with Crippen LogP contribution in [0, 0.1) is 17.8 Å². The third-order valence-corrected chi connectivity index (χ3v) is 8.29. The van der Waals surface area contributed by atoms with Gasteiger partial charge in [-0.25, -0.2) is 0 Å². The molecule has 0 aromatic rings. The Kier molecular flexibility index (Phi) is 25.1. The predicted octanol–water partition coefficient (Wildman–Crippen LogP) is 10.4. The van der Waals surface area contributed by atoms with E-state index in [0.717, 1.165) is 45.5 Å². The summed E-state index contributed by atoms with van der Waals surface area (Å²) in [4.78, 5) is 0. The molecule has 0 spiro atoms. The molecule has 0 radical (unpaired) electrons. The van der Waals surface area contributed by atoms with Gasteiger partial charge in [-0.15, -0.1) is 0 Å². The van der Waals surface area contributed by atoms with Gasteiger partial charge < -0.3 is 14.2 Å². The fraction of sp³-hybridized carbons (Fsp3) is 1.00. The lowest BCUT2D eigenvalue weighted by Gasteiger charge is -2.30. The van der Waals surface area contributed by atoms with Crippen LogP contribution in [0.4, 0.5) is 0 Å². The number of ether oxygens (including phenoxy) is 3. The minimum Gasteiger partial charge on any atom is -0.378 e. The molecule has 0 N–H and O–H groups in total. The van der Waals surface area contributed by atoms with Gasteiger partial charge in [0.25, 0.3) is 0 Å². The molecule has 3 heteroatoms. The van der Waals surface area contributed by atoms with Gasteiger partial charge in [-0.1, -0.05) is 113 Å². The summed E-state index contributed by atoms with van der Waals surface area (Å²) < 4.78 is 19.7. The van der Waals surface area contributed by atoms with E-state index < -0.39 is 0 Å². The lowest BCUT2D eigenvalue weighted by atomic mass is 9.98. The molecule has 5 atom stereocenters. The van der Waals surface area contributed by atoms with Gasteiger partial charge in [0.15, 0.2) is 0 Å². The second-order valence-electron chi connectivity index (χ2n) is 11.4. The van der Waals surface area contributed by atoms with E-state index in [-0.39, 0.29) is 18.3 Å². The van der Waals surface area contributed by atoms with Crippen LogP contribution >= 0.6 is 0 Å². The third kappa shape index (κ3) is 18.2. The Morgan fingerprint density at radius 2 is 0.694 bits per heavy atom. The Morgan fingerprint density at radius 3 is 0.944 bits per heavy atom. The zero-order valence-corrected chi connectivity index (χ0v) is 26.1. The van der Waals surface area contributed by atoms with Crippen LogP contribution in [0.15, 0.2) is 0 Å². The van der Waals surface area contributed by atoms with Gasteiger partial charge in [0.1, 0.15) is 0 Å². The average molecular weight is 513 g/mol. The molecule has 0 fully saturated rings. The van der Waals surface area contributed by atoms with Gasteiger partial charge in [0.05, 0.1) is 18.3 Å². The molecule has 0 rings (SSSR count). The lowest BCUT2D eigenvalue weighted by molar-refractivity contribution is -0.0677. The normalized spacial score (nSPS) is 17.0. The molecule has 0 heterocycles. The summed E-state index contributed by atoms with van der Waals surface area (Å²) in [6, 6.07) is 0. The maximum absolute atomic E-state index is 6.69. The smallest absolute Gasteiger partial charge is 0.0624 e. The quantitative estimate of drug-likeness (QED) is 0.109. The highest BCUT2D eigenvalue weighted by Crippen LogP contribution is 2.23. The van der Waals surface area contributed by atoms with Crippen LogP contribution in [-0.4, -0.2) is 38.1 Å². The Morgan fingerprint density at radius 1 is 0.389 bits per heavy atom. The molecule has 0 aliphatic carbocycles. The number of hydrogen-bond donors (Lipinski definition) is 0. The van der Waals surface area contributed by atoms with Crippen molar-refractivity contribution in [2.45, 2.75) is 176 Å². The molecule has 36 heavy (non-hydrogen) atoms. The first-order valence-corrected chi connectivity index (χ1v) is 16.4. The Bertz CT molecular complexity index is 411. The van der Waals surface area contributed by atoms with Gasteiger partial charge in [-0.2, -0.15) is 0 Å². The number of rotatable bonds is 27. The Hall–Kier alpha value is -0.120. The highest BCUT2D eigenvalue weighted by atomic mass is 16.5. The molecule has 5 unspecified atom stereocenters. The van der Waals surface area contributed by atoms with Crippen LogP contribution < -0.4 is 0 Å². The average Bonchev–Trinajstić information content (AvgIpc) is 2.91. The van der Waals surface area contributed by atoms with E-state index in [1.807, 2.05) is 0 Å². The highest BCUT2D eigenvalue weighted by molar-refractivity contribution is 4.73. The molecule has 218 valence electrons. The van der Waals surface area contributed by atoms with Crippen molar-refractivity contribution in [3.05, 3.63) is 0 Å². The summed E-state index contributed by atoms with van der Waals surface area (Å²) in [5.74, 6) is 2.06. The summed E-state index contributed by atoms with van der Waals surface area (Å²) in [7, 11) is 0. The fourth-order valence-electron chi connectivity index (χ4n) is 5.03. The first kappa shape index (κ1) is 35.9. The number of unbranched alkanes of at least 4 members (excludes halogenated alkanes) is 3. The minimum atomic E-state index is 0.224. The van der Waals surface area contributed by atoms with Gasteiger partial charge in [-0.05, 0) is 62.7 Å². The van der Waals surface area contributed by atoms with E-state index >= 15 is 0 Å². The summed E-state index contributed by atoms with van der Waals surface area (Å²) in [5.41, 5.74) is 0. The highest BCUT2D eigenvalue weighted by Gasteiger charge is 2.23. The van der Waals surface area contributed by atoms with Gasteiger partial charge in [-0.3, -0.25) is 0 Å². The van der Waals surface area contributed by atoms with Crippen molar-refractivity contribution in [1.82, 2.24) is 0 Å². The zero-order chi connectivity index (χ0) is 27.0. The summed E-state index contributed by atoms with van der Waals surface area (Å²) in [6.45, 7) is 21.0. The van der Waals surface area contributed by atoms with E-state index in [1.54, 1.807) is 0 Å². The van der Waals surface area contributed by atoms with E-state index in [1.165, 1.54) is 77.0 Å². The molecular formula is C33H68O3. The van der Waals surface area contributed by atoms with Crippen molar-refractivity contribution in [2.24, 2.45) is 17.8 Å². The topological polar surface area (TPSA) is 27.7 Å². The van der Waals surface area contributed by atoms with Crippen molar-refractivity contribution in [3.63, 3.8) is 0 Å². The van der Waals surface area contributed by atoms with Gasteiger partial charge in [0, 0.05) is 19.8 Å². The van der Waals surface area contributed by atoms with Crippen LogP contribution in [0.2, 0.25) is 0 Å². The molecule has 3 nitrogen and oxygen atoms in total. The van der Waals surface area contributed by atoms with E-state index in [4.69, 9.17) is 14.2 Å². The van der Waals surface area contributed by atoms with Crippen LogP contribution in [0.5, 0.6) is 0 Å². The Balaban J connectivity index is 5.13. The monoisotopic (exact) mass is 513 g/mol. The zero-order valence-electron chi connectivity index (χ0n) is 26.1. The minimum absolute atomic E-state index is 0.224. The Labute approximate surface area is 228 Å². The van der Waals surface area contributed by atoms with Crippen LogP contribution in [0.3, 0.4) is 0 Å².